The molecule has 1 N–H and O–H groups in total. The minimum absolute atomic E-state index is 0.161. The molecule has 2 aromatic carbocycles. The van der Waals surface area contributed by atoms with Crippen LogP contribution in [0.2, 0.25) is 0 Å². The van der Waals surface area contributed by atoms with Crippen molar-refractivity contribution >= 4 is 5.69 Å². The van der Waals surface area contributed by atoms with Gasteiger partial charge in [-0.25, -0.2) is 8.78 Å². The first-order valence-electron chi connectivity index (χ1n) is 7.14. The number of nitrogens with zero attached hydrogens (tertiary/aromatic N) is 1. The molecule has 0 saturated carbocycles. The molecule has 4 heteroatoms. The summed E-state index contributed by atoms with van der Waals surface area (Å²) in [4.78, 5) is 2.06. The van der Waals surface area contributed by atoms with Crippen molar-refractivity contribution < 1.29 is 8.78 Å². The van der Waals surface area contributed by atoms with E-state index in [0.717, 1.165) is 12.6 Å². The third kappa shape index (κ3) is 3.05. The second-order valence-electron chi connectivity index (χ2n) is 5.50. The molecule has 2 unspecified atom stereocenters. The molecule has 2 aromatic rings. The zero-order valence-corrected chi connectivity index (χ0v) is 11.9. The SMILES string of the molecule is CC1CNC(c2ccccc2)CN1c1cc(F)cc(F)c1. The number of anilines is 1. The van der Waals surface area contributed by atoms with Gasteiger partial charge in [-0.2, -0.15) is 0 Å². The predicted octanol–water partition coefficient (Wildman–Crippen LogP) is 3.50. The molecule has 0 radical (unpaired) electrons. The maximum absolute atomic E-state index is 13.4. The van der Waals surface area contributed by atoms with Crippen LogP contribution in [0.4, 0.5) is 14.5 Å². The number of nitrogens with one attached hydrogen (secondary N) is 1. The van der Waals surface area contributed by atoms with Gasteiger partial charge < -0.3 is 10.2 Å². The van der Waals surface area contributed by atoms with Gasteiger partial charge in [-0.3, -0.25) is 0 Å². The van der Waals surface area contributed by atoms with Gasteiger partial charge in [0.1, 0.15) is 11.6 Å². The number of benzene rings is 2. The van der Waals surface area contributed by atoms with Gasteiger partial charge in [-0.1, -0.05) is 30.3 Å². The lowest BCUT2D eigenvalue weighted by Gasteiger charge is -2.40. The average molecular weight is 288 g/mol. The van der Waals surface area contributed by atoms with E-state index >= 15 is 0 Å². The Morgan fingerprint density at radius 1 is 1.05 bits per heavy atom. The Hall–Kier alpha value is -1.94. The lowest BCUT2D eigenvalue weighted by atomic mass is 10.0. The van der Waals surface area contributed by atoms with Gasteiger partial charge in [0.2, 0.25) is 0 Å². The number of rotatable bonds is 2. The van der Waals surface area contributed by atoms with E-state index in [1.165, 1.54) is 17.7 Å². The quantitative estimate of drug-likeness (QED) is 0.910. The summed E-state index contributed by atoms with van der Waals surface area (Å²) in [5, 5.41) is 3.48. The Morgan fingerprint density at radius 3 is 2.38 bits per heavy atom. The number of halogens is 2. The van der Waals surface area contributed by atoms with Gasteiger partial charge in [0.25, 0.3) is 0 Å². The third-order valence-corrected chi connectivity index (χ3v) is 3.95. The first kappa shape index (κ1) is 14.0. The second kappa shape index (κ2) is 5.82. The van der Waals surface area contributed by atoms with Crippen LogP contribution in [0.1, 0.15) is 18.5 Å². The third-order valence-electron chi connectivity index (χ3n) is 3.95. The van der Waals surface area contributed by atoms with Gasteiger partial charge in [0.05, 0.1) is 0 Å². The minimum Gasteiger partial charge on any atom is -0.365 e. The summed E-state index contributed by atoms with van der Waals surface area (Å²) in [5.41, 5.74) is 1.79. The molecule has 21 heavy (non-hydrogen) atoms. The van der Waals surface area contributed by atoms with Gasteiger partial charge in [0, 0.05) is 36.9 Å². The van der Waals surface area contributed by atoms with Crippen LogP contribution >= 0.6 is 0 Å². The number of piperazine rings is 1. The van der Waals surface area contributed by atoms with E-state index in [4.69, 9.17) is 0 Å². The largest absolute Gasteiger partial charge is 0.365 e. The van der Waals surface area contributed by atoms with Crippen LogP contribution in [-0.2, 0) is 0 Å². The highest BCUT2D eigenvalue weighted by atomic mass is 19.1. The van der Waals surface area contributed by atoms with Crippen LogP contribution < -0.4 is 10.2 Å². The Labute approximate surface area is 123 Å². The van der Waals surface area contributed by atoms with Crippen molar-refractivity contribution in [3.63, 3.8) is 0 Å². The van der Waals surface area contributed by atoms with Crippen molar-refractivity contribution in [3.05, 3.63) is 65.7 Å². The minimum atomic E-state index is -0.535. The summed E-state index contributed by atoms with van der Waals surface area (Å²) in [6.07, 6.45) is 0. The zero-order valence-electron chi connectivity index (χ0n) is 11.9. The maximum Gasteiger partial charge on any atom is 0.128 e. The van der Waals surface area contributed by atoms with Gasteiger partial charge in [-0.15, -0.1) is 0 Å². The van der Waals surface area contributed by atoms with E-state index in [1.54, 1.807) is 0 Å². The summed E-state index contributed by atoms with van der Waals surface area (Å²) >= 11 is 0. The molecule has 1 saturated heterocycles. The Bertz CT molecular complexity index is 595. The zero-order chi connectivity index (χ0) is 14.8. The van der Waals surface area contributed by atoms with E-state index in [2.05, 4.69) is 29.3 Å². The van der Waals surface area contributed by atoms with Gasteiger partial charge in [0.15, 0.2) is 0 Å². The molecule has 0 spiro atoms. The highest BCUT2D eigenvalue weighted by Crippen LogP contribution is 2.26. The normalized spacial score (nSPS) is 22.3. The fourth-order valence-electron chi connectivity index (χ4n) is 2.84. The molecule has 0 amide bonds. The smallest absolute Gasteiger partial charge is 0.128 e. The monoisotopic (exact) mass is 288 g/mol. The number of hydrogen-bond donors (Lipinski definition) is 1. The standard InChI is InChI=1S/C17H18F2N2/c1-12-10-20-17(13-5-3-2-4-6-13)11-21(12)16-8-14(18)7-15(19)9-16/h2-9,12,17,20H,10-11H2,1H3. The summed E-state index contributed by atoms with van der Waals surface area (Å²) in [6, 6.07) is 14.2. The molecule has 1 heterocycles. The summed E-state index contributed by atoms with van der Waals surface area (Å²) in [6.45, 7) is 3.52. The molecule has 2 nitrogen and oxygen atoms in total. The van der Waals surface area contributed by atoms with E-state index in [-0.39, 0.29) is 12.1 Å². The van der Waals surface area contributed by atoms with Gasteiger partial charge in [-0.05, 0) is 24.6 Å². The van der Waals surface area contributed by atoms with Crippen LogP contribution in [0.15, 0.2) is 48.5 Å². The van der Waals surface area contributed by atoms with E-state index in [9.17, 15) is 8.78 Å². The van der Waals surface area contributed by atoms with Gasteiger partial charge >= 0.3 is 0 Å². The van der Waals surface area contributed by atoms with Crippen molar-refractivity contribution in [2.24, 2.45) is 0 Å². The molecule has 0 aromatic heterocycles. The van der Waals surface area contributed by atoms with Crippen LogP contribution in [0.3, 0.4) is 0 Å². The molecule has 1 aliphatic heterocycles. The van der Waals surface area contributed by atoms with Crippen molar-refractivity contribution in [2.75, 3.05) is 18.0 Å². The van der Waals surface area contributed by atoms with Crippen LogP contribution in [0.5, 0.6) is 0 Å². The highest BCUT2D eigenvalue weighted by Gasteiger charge is 2.26. The average Bonchev–Trinajstić information content (AvgIpc) is 2.47. The molecule has 110 valence electrons. The van der Waals surface area contributed by atoms with E-state index < -0.39 is 11.6 Å². The summed E-state index contributed by atoms with van der Waals surface area (Å²) in [7, 11) is 0. The molecule has 0 aliphatic carbocycles. The molecular formula is C17H18F2N2. The second-order valence-corrected chi connectivity index (χ2v) is 5.50. The molecule has 3 rings (SSSR count). The fraction of sp³-hybridized carbons (Fsp3) is 0.294. The van der Waals surface area contributed by atoms with E-state index in [0.29, 0.717) is 12.2 Å². The molecule has 1 aliphatic rings. The molecule has 2 atom stereocenters. The Kier molecular flexibility index (Phi) is 3.88. The lowest BCUT2D eigenvalue weighted by Crippen LogP contribution is -2.51. The Balaban J connectivity index is 1.87. The molecule has 0 bridgehead atoms. The predicted molar refractivity (Wildman–Crippen MR) is 80.4 cm³/mol. The summed E-state index contributed by atoms with van der Waals surface area (Å²) < 4.78 is 26.9. The number of hydrogen-bond acceptors (Lipinski definition) is 2. The van der Waals surface area contributed by atoms with Crippen molar-refractivity contribution in [1.29, 1.82) is 0 Å². The van der Waals surface area contributed by atoms with Crippen LogP contribution in [-0.4, -0.2) is 19.1 Å². The molecular weight excluding hydrogens is 270 g/mol. The van der Waals surface area contributed by atoms with Crippen molar-refractivity contribution in [1.82, 2.24) is 5.32 Å². The fourth-order valence-corrected chi connectivity index (χ4v) is 2.84. The van der Waals surface area contributed by atoms with Crippen molar-refractivity contribution in [3.8, 4) is 0 Å². The van der Waals surface area contributed by atoms with Crippen LogP contribution in [0, 0.1) is 11.6 Å². The first-order valence-corrected chi connectivity index (χ1v) is 7.14. The summed E-state index contributed by atoms with van der Waals surface area (Å²) in [5.74, 6) is -1.07. The highest BCUT2D eigenvalue weighted by molar-refractivity contribution is 5.49. The lowest BCUT2D eigenvalue weighted by molar-refractivity contribution is 0.413. The maximum atomic E-state index is 13.4. The first-order chi connectivity index (χ1) is 10.1. The Morgan fingerprint density at radius 2 is 1.71 bits per heavy atom. The van der Waals surface area contributed by atoms with Crippen LogP contribution in [0.25, 0.3) is 0 Å². The topological polar surface area (TPSA) is 15.3 Å². The van der Waals surface area contributed by atoms with E-state index in [1.807, 2.05) is 18.2 Å². The molecule has 1 fully saturated rings. The van der Waals surface area contributed by atoms with Crippen molar-refractivity contribution in [2.45, 2.75) is 19.0 Å².